The highest BCUT2D eigenvalue weighted by atomic mass is 79.9. The first-order valence-corrected chi connectivity index (χ1v) is 7.68. The van der Waals surface area contributed by atoms with Gasteiger partial charge in [0, 0.05) is 16.6 Å². The Labute approximate surface area is 120 Å². The molecule has 0 amide bonds. The quantitative estimate of drug-likeness (QED) is 0.800. The number of rotatable bonds is 6. The van der Waals surface area contributed by atoms with Crippen molar-refractivity contribution in [3.8, 4) is 11.5 Å². The van der Waals surface area contributed by atoms with Crippen molar-refractivity contribution in [2.45, 2.75) is 17.9 Å². The molecule has 0 spiro atoms. The Morgan fingerprint density at radius 1 is 1.32 bits per heavy atom. The van der Waals surface area contributed by atoms with Crippen molar-refractivity contribution >= 4 is 26.0 Å². The standard InChI is InChI=1S/C11H16BrNO5S/c1-7(6-14)13-19(15,16)11-5-10(18-3)9(17-2)4-8(11)12/h4-5,7,13-14H,6H2,1-3H3/t7-/m1/s1. The van der Waals surface area contributed by atoms with Gasteiger partial charge in [-0.25, -0.2) is 13.1 Å². The van der Waals surface area contributed by atoms with E-state index in [4.69, 9.17) is 14.6 Å². The van der Waals surface area contributed by atoms with Gasteiger partial charge in [0.05, 0.1) is 20.8 Å². The molecule has 0 heterocycles. The summed E-state index contributed by atoms with van der Waals surface area (Å²) in [6.45, 7) is 1.27. The van der Waals surface area contributed by atoms with Gasteiger partial charge in [0.2, 0.25) is 10.0 Å². The molecule has 108 valence electrons. The summed E-state index contributed by atoms with van der Waals surface area (Å²) < 4.78 is 37.1. The van der Waals surface area contributed by atoms with Crippen molar-refractivity contribution in [2.75, 3.05) is 20.8 Å². The van der Waals surface area contributed by atoms with Crippen LogP contribution in [-0.2, 0) is 10.0 Å². The van der Waals surface area contributed by atoms with Gasteiger partial charge in [0.25, 0.3) is 0 Å². The summed E-state index contributed by atoms with van der Waals surface area (Å²) >= 11 is 3.18. The Bertz CT molecular complexity index is 546. The monoisotopic (exact) mass is 353 g/mol. The highest BCUT2D eigenvalue weighted by Crippen LogP contribution is 2.35. The highest BCUT2D eigenvalue weighted by molar-refractivity contribution is 9.10. The van der Waals surface area contributed by atoms with Gasteiger partial charge >= 0.3 is 0 Å². The first kappa shape index (κ1) is 16.2. The minimum Gasteiger partial charge on any atom is -0.493 e. The van der Waals surface area contributed by atoms with Crippen LogP contribution in [0.4, 0.5) is 0 Å². The van der Waals surface area contributed by atoms with Crippen LogP contribution in [-0.4, -0.2) is 40.4 Å². The number of halogens is 1. The first-order chi connectivity index (χ1) is 8.85. The van der Waals surface area contributed by atoms with Gasteiger partial charge in [0.15, 0.2) is 11.5 Å². The number of ether oxygens (including phenoxy) is 2. The van der Waals surface area contributed by atoms with E-state index < -0.39 is 16.1 Å². The van der Waals surface area contributed by atoms with Crippen LogP contribution < -0.4 is 14.2 Å². The molecule has 1 atom stereocenters. The third kappa shape index (κ3) is 3.82. The van der Waals surface area contributed by atoms with Crippen LogP contribution in [0.1, 0.15) is 6.92 Å². The number of aliphatic hydroxyl groups is 1. The molecule has 19 heavy (non-hydrogen) atoms. The van der Waals surface area contributed by atoms with E-state index in [0.29, 0.717) is 16.0 Å². The molecular formula is C11H16BrNO5S. The van der Waals surface area contributed by atoms with Gasteiger partial charge in [-0.2, -0.15) is 0 Å². The topological polar surface area (TPSA) is 84.9 Å². The lowest BCUT2D eigenvalue weighted by molar-refractivity contribution is 0.265. The molecule has 0 fully saturated rings. The lowest BCUT2D eigenvalue weighted by Gasteiger charge is -2.15. The molecule has 0 aromatic heterocycles. The Morgan fingerprint density at radius 3 is 2.32 bits per heavy atom. The number of benzene rings is 1. The van der Waals surface area contributed by atoms with Crippen molar-refractivity contribution in [1.29, 1.82) is 0 Å². The summed E-state index contributed by atoms with van der Waals surface area (Å²) in [6, 6.07) is 2.29. The third-order valence-electron chi connectivity index (χ3n) is 2.36. The van der Waals surface area contributed by atoms with Gasteiger partial charge in [-0.15, -0.1) is 0 Å². The van der Waals surface area contributed by atoms with Gasteiger partial charge in [0.1, 0.15) is 4.90 Å². The van der Waals surface area contributed by atoms with E-state index in [2.05, 4.69) is 20.7 Å². The average molecular weight is 354 g/mol. The lowest BCUT2D eigenvalue weighted by atomic mass is 10.3. The fourth-order valence-corrected chi connectivity index (χ4v) is 3.68. The smallest absolute Gasteiger partial charge is 0.242 e. The molecule has 1 rings (SSSR count). The number of sulfonamides is 1. The van der Waals surface area contributed by atoms with Crippen LogP contribution in [0.3, 0.4) is 0 Å². The van der Waals surface area contributed by atoms with Crippen LogP contribution in [0, 0.1) is 0 Å². The second-order valence-electron chi connectivity index (χ2n) is 3.84. The summed E-state index contributed by atoms with van der Waals surface area (Å²) in [5.41, 5.74) is 0. The second-order valence-corrected chi connectivity index (χ2v) is 6.38. The van der Waals surface area contributed by atoms with Gasteiger partial charge in [-0.05, 0) is 28.9 Å². The molecule has 1 aromatic rings. The zero-order valence-electron chi connectivity index (χ0n) is 10.8. The molecule has 0 aliphatic carbocycles. The van der Waals surface area contributed by atoms with E-state index in [1.165, 1.54) is 26.4 Å². The molecule has 0 unspecified atom stereocenters. The molecular weight excluding hydrogens is 338 g/mol. The van der Waals surface area contributed by atoms with E-state index in [9.17, 15) is 8.42 Å². The van der Waals surface area contributed by atoms with Crippen molar-refractivity contribution in [3.63, 3.8) is 0 Å². The summed E-state index contributed by atoms with van der Waals surface area (Å²) in [7, 11) is -0.867. The SMILES string of the molecule is COc1cc(Br)c(S(=O)(=O)N[C@H](C)CO)cc1OC. The molecule has 0 aliphatic rings. The number of hydrogen-bond donors (Lipinski definition) is 2. The van der Waals surface area contributed by atoms with E-state index in [1.807, 2.05) is 0 Å². The summed E-state index contributed by atoms with van der Waals surface area (Å²) in [5.74, 6) is 0.728. The Hall–Kier alpha value is -0.830. The predicted molar refractivity (Wildman–Crippen MR) is 74.1 cm³/mol. The summed E-state index contributed by atoms with van der Waals surface area (Å²) in [6.07, 6.45) is 0. The molecule has 2 N–H and O–H groups in total. The fourth-order valence-electron chi connectivity index (χ4n) is 1.41. The Balaban J connectivity index is 3.27. The number of aliphatic hydroxyl groups excluding tert-OH is 1. The highest BCUT2D eigenvalue weighted by Gasteiger charge is 2.22. The molecule has 8 heteroatoms. The largest absolute Gasteiger partial charge is 0.493 e. The molecule has 0 saturated heterocycles. The van der Waals surface area contributed by atoms with E-state index >= 15 is 0 Å². The zero-order valence-corrected chi connectivity index (χ0v) is 13.2. The third-order valence-corrected chi connectivity index (χ3v) is 4.91. The van der Waals surface area contributed by atoms with E-state index in [0.717, 1.165) is 0 Å². The van der Waals surface area contributed by atoms with Crippen molar-refractivity contribution in [2.24, 2.45) is 0 Å². The van der Waals surface area contributed by atoms with Gasteiger partial charge in [-0.1, -0.05) is 0 Å². The average Bonchev–Trinajstić information content (AvgIpc) is 2.37. The number of nitrogens with one attached hydrogen (secondary N) is 1. The van der Waals surface area contributed by atoms with Crippen LogP contribution in [0.2, 0.25) is 0 Å². The molecule has 0 bridgehead atoms. The first-order valence-electron chi connectivity index (χ1n) is 5.40. The van der Waals surface area contributed by atoms with Crippen LogP contribution in [0.15, 0.2) is 21.5 Å². The second kappa shape index (κ2) is 6.56. The molecule has 0 saturated carbocycles. The summed E-state index contributed by atoms with van der Waals surface area (Å²) in [5, 5.41) is 8.91. The minimum atomic E-state index is -3.75. The summed E-state index contributed by atoms with van der Waals surface area (Å²) in [4.78, 5) is 0.0189. The molecule has 1 aromatic carbocycles. The van der Waals surface area contributed by atoms with Crippen LogP contribution in [0.25, 0.3) is 0 Å². The van der Waals surface area contributed by atoms with Crippen LogP contribution in [0.5, 0.6) is 11.5 Å². The number of hydrogen-bond acceptors (Lipinski definition) is 5. The predicted octanol–water partition coefficient (Wildman–Crippen LogP) is 1.13. The maximum absolute atomic E-state index is 12.1. The molecule has 6 nitrogen and oxygen atoms in total. The Morgan fingerprint density at radius 2 is 1.84 bits per heavy atom. The van der Waals surface area contributed by atoms with Crippen LogP contribution >= 0.6 is 15.9 Å². The Kier molecular flexibility index (Phi) is 5.60. The van der Waals surface area contributed by atoms with Crippen molar-refractivity contribution < 1.29 is 23.0 Å². The molecule has 0 aliphatic heterocycles. The lowest BCUT2D eigenvalue weighted by Crippen LogP contribution is -2.35. The normalized spacial score (nSPS) is 13.1. The van der Waals surface area contributed by atoms with Crippen molar-refractivity contribution in [1.82, 2.24) is 4.72 Å². The zero-order chi connectivity index (χ0) is 14.6. The van der Waals surface area contributed by atoms with Crippen molar-refractivity contribution in [3.05, 3.63) is 16.6 Å². The molecule has 0 radical (unpaired) electrons. The maximum atomic E-state index is 12.1. The number of methoxy groups -OCH3 is 2. The minimum absolute atomic E-state index is 0.0189. The maximum Gasteiger partial charge on any atom is 0.242 e. The van der Waals surface area contributed by atoms with Gasteiger partial charge < -0.3 is 14.6 Å². The fraction of sp³-hybridized carbons (Fsp3) is 0.455. The van der Waals surface area contributed by atoms with E-state index in [1.54, 1.807) is 6.92 Å². The van der Waals surface area contributed by atoms with E-state index in [-0.39, 0.29) is 11.5 Å². The van der Waals surface area contributed by atoms with Gasteiger partial charge in [-0.3, -0.25) is 0 Å².